The van der Waals surface area contributed by atoms with Crippen LogP contribution in [0, 0.1) is 12.8 Å². The van der Waals surface area contributed by atoms with Gasteiger partial charge in [0.05, 0.1) is 31.4 Å². The molecule has 0 aromatic carbocycles. The fourth-order valence-corrected chi connectivity index (χ4v) is 3.17. The van der Waals surface area contributed by atoms with Gasteiger partial charge < -0.3 is 9.64 Å². The monoisotopic (exact) mass is 356 g/mol. The summed E-state index contributed by atoms with van der Waals surface area (Å²) < 4.78 is 30.4. The summed E-state index contributed by atoms with van der Waals surface area (Å²) in [5.74, 6) is -0.134. The predicted molar refractivity (Wildman–Crippen MR) is 89.0 cm³/mol. The first-order valence-electron chi connectivity index (χ1n) is 7.90. The van der Waals surface area contributed by atoms with Crippen molar-refractivity contribution in [3.05, 3.63) is 23.8 Å². The Bertz CT molecular complexity index is 663. The molecule has 2 rings (SSSR count). The van der Waals surface area contributed by atoms with Crippen molar-refractivity contribution >= 4 is 15.9 Å². The van der Waals surface area contributed by atoms with Gasteiger partial charge in [-0.1, -0.05) is 0 Å². The number of hydrogen-bond donors (Lipinski definition) is 1. The summed E-state index contributed by atoms with van der Waals surface area (Å²) in [4.78, 5) is 22.7. The first-order valence-corrected chi connectivity index (χ1v) is 9.79. The second-order valence-electron chi connectivity index (χ2n) is 6.07. The average Bonchev–Trinajstić information content (AvgIpc) is 2.69. The van der Waals surface area contributed by atoms with Gasteiger partial charge in [0.2, 0.25) is 10.0 Å². The maximum Gasteiger partial charge on any atom is 0.274 e. The lowest BCUT2D eigenvalue weighted by molar-refractivity contribution is 0.0652. The number of hydrogen-bond acceptors (Lipinski definition) is 6. The Hall–Kier alpha value is -1.58. The second-order valence-corrected chi connectivity index (χ2v) is 7.91. The third-order valence-electron chi connectivity index (χ3n) is 4.12. The zero-order valence-corrected chi connectivity index (χ0v) is 15.0. The van der Waals surface area contributed by atoms with Gasteiger partial charge in [-0.25, -0.2) is 18.1 Å². The molecule has 0 radical (unpaired) electrons. The lowest BCUT2D eigenvalue weighted by atomic mass is 9.97. The van der Waals surface area contributed by atoms with Gasteiger partial charge in [0.1, 0.15) is 5.69 Å². The first kappa shape index (κ1) is 18.8. The highest BCUT2D eigenvalue weighted by Gasteiger charge is 2.31. The first-order chi connectivity index (χ1) is 11.3. The van der Waals surface area contributed by atoms with Gasteiger partial charge >= 0.3 is 0 Å². The molecule has 0 saturated carbocycles. The standard InChI is InChI=1S/C15H24N4O4S/c1-11-8-17-14(9-16-11)15(20)19-6-7-23-10-13(12(19)2)4-5-18-24(3,21)22/h8-9,12-13,18H,4-7,10H2,1-3H3/t12-,13+/m0/s1. The zero-order valence-electron chi connectivity index (χ0n) is 14.2. The molecule has 134 valence electrons. The molecule has 2 heterocycles. The van der Waals surface area contributed by atoms with Gasteiger partial charge in [-0.3, -0.25) is 9.78 Å². The molecule has 1 aromatic rings. The summed E-state index contributed by atoms with van der Waals surface area (Å²) in [7, 11) is -3.22. The van der Waals surface area contributed by atoms with Crippen LogP contribution in [0.2, 0.25) is 0 Å². The van der Waals surface area contributed by atoms with E-state index in [1.807, 2.05) is 13.8 Å². The zero-order chi connectivity index (χ0) is 17.7. The Morgan fingerprint density at radius 3 is 2.79 bits per heavy atom. The van der Waals surface area contributed by atoms with Crippen LogP contribution in [0.25, 0.3) is 0 Å². The van der Waals surface area contributed by atoms with E-state index < -0.39 is 10.0 Å². The molecule has 1 amide bonds. The van der Waals surface area contributed by atoms with E-state index in [4.69, 9.17) is 4.74 Å². The molecule has 1 fully saturated rings. The van der Waals surface area contributed by atoms with Gasteiger partial charge in [-0.05, 0) is 20.3 Å². The number of nitrogens with zero attached hydrogens (tertiary/aromatic N) is 3. The number of nitrogens with one attached hydrogen (secondary N) is 1. The van der Waals surface area contributed by atoms with Crippen molar-refractivity contribution in [2.45, 2.75) is 26.3 Å². The van der Waals surface area contributed by atoms with Crippen LogP contribution < -0.4 is 4.72 Å². The molecule has 0 spiro atoms. The van der Waals surface area contributed by atoms with E-state index in [0.717, 1.165) is 11.9 Å². The molecule has 1 saturated heterocycles. The summed E-state index contributed by atoms with van der Waals surface area (Å²) in [5.41, 5.74) is 1.06. The Balaban J connectivity index is 2.05. The van der Waals surface area contributed by atoms with Crippen molar-refractivity contribution in [3.63, 3.8) is 0 Å². The quantitative estimate of drug-likeness (QED) is 0.809. The summed E-state index contributed by atoms with van der Waals surface area (Å²) in [6.07, 6.45) is 4.78. The van der Waals surface area contributed by atoms with Gasteiger partial charge in [0.25, 0.3) is 5.91 Å². The van der Waals surface area contributed by atoms with E-state index in [0.29, 0.717) is 38.4 Å². The van der Waals surface area contributed by atoms with Crippen molar-refractivity contribution in [1.82, 2.24) is 19.6 Å². The SMILES string of the molecule is Cc1cnc(C(=O)N2CCOC[C@@H](CCNS(C)(=O)=O)[C@@H]2C)cn1. The van der Waals surface area contributed by atoms with E-state index in [2.05, 4.69) is 14.7 Å². The number of amides is 1. The molecule has 8 nitrogen and oxygen atoms in total. The fourth-order valence-electron chi connectivity index (χ4n) is 2.69. The van der Waals surface area contributed by atoms with E-state index in [9.17, 15) is 13.2 Å². The molecule has 1 N–H and O–H groups in total. The van der Waals surface area contributed by atoms with E-state index in [1.54, 1.807) is 11.1 Å². The Labute approximate surface area is 142 Å². The van der Waals surface area contributed by atoms with Crippen LogP contribution in [0.1, 0.15) is 29.5 Å². The van der Waals surface area contributed by atoms with Crippen LogP contribution in [0.5, 0.6) is 0 Å². The second kappa shape index (κ2) is 8.00. The molecule has 2 atom stereocenters. The van der Waals surface area contributed by atoms with Crippen molar-refractivity contribution in [2.75, 3.05) is 32.6 Å². The number of ether oxygens (including phenoxy) is 1. The number of sulfonamides is 1. The number of aryl methyl sites for hydroxylation is 1. The van der Waals surface area contributed by atoms with Gasteiger partial charge in [-0.2, -0.15) is 0 Å². The third-order valence-corrected chi connectivity index (χ3v) is 4.85. The van der Waals surface area contributed by atoms with Crippen LogP contribution in [-0.2, 0) is 14.8 Å². The normalized spacial score (nSPS) is 22.2. The highest BCUT2D eigenvalue weighted by atomic mass is 32.2. The minimum absolute atomic E-state index is 0.0455. The van der Waals surface area contributed by atoms with Crippen LogP contribution in [0.15, 0.2) is 12.4 Å². The topological polar surface area (TPSA) is 101 Å². The average molecular weight is 356 g/mol. The highest BCUT2D eigenvalue weighted by molar-refractivity contribution is 7.88. The molecule has 1 aliphatic heterocycles. The van der Waals surface area contributed by atoms with Crippen molar-refractivity contribution in [1.29, 1.82) is 0 Å². The molecule has 1 aromatic heterocycles. The summed E-state index contributed by atoms with van der Waals surface area (Å²) >= 11 is 0. The molecular weight excluding hydrogens is 332 g/mol. The molecule has 1 aliphatic rings. The summed E-state index contributed by atoms with van der Waals surface area (Å²) in [5, 5.41) is 0. The van der Waals surface area contributed by atoms with Crippen LogP contribution in [-0.4, -0.2) is 67.8 Å². The largest absolute Gasteiger partial charge is 0.379 e. The Morgan fingerprint density at radius 1 is 1.42 bits per heavy atom. The van der Waals surface area contributed by atoms with Crippen molar-refractivity contribution in [3.8, 4) is 0 Å². The van der Waals surface area contributed by atoms with Crippen molar-refractivity contribution in [2.24, 2.45) is 5.92 Å². The van der Waals surface area contributed by atoms with Gasteiger partial charge in [-0.15, -0.1) is 0 Å². The Morgan fingerprint density at radius 2 is 2.17 bits per heavy atom. The molecule has 0 bridgehead atoms. The molecule has 0 unspecified atom stereocenters. The van der Waals surface area contributed by atoms with E-state index >= 15 is 0 Å². The minimum atomic E-state index is -3.22. The Kier molecular flexibility index (Phi) is 6.25. The molecule has 24 heavy (non-hydrogen) atoms. The lowest BCUT2D eigenvalue weighted by Crippen LogP contribution is -2.44. The van der Waals surface area contributed by atoms with E-state index in [1.165, 1.54) is 6.20 Å². The van der Waals surface area contributed by atoms with Gasteiger partial charge in [0, 0.05) is 31.2 Å². The van der Waals surface area contributed by atoms with Gasteiger partial charge in [0.15, 0.2) is 0 Å². The number of aromatic nitrogens is 2. The van der Waals surface area contributed by atoms with Crippen molar-refractivity contribution < 1.29 is 17.9 Å². The maximum atomic E-state index is 12.7. The van der Waals surface area contributed by atoms with Crippen LogP contribution in [0.3, 0.4) is 0 Å². The summed E-state index contributed by atoms with van der Waals surface area (Å²) in [6, 6.07) is -0.0792. The molecular formula is C15H24N4O4S. The van der Waals surface area contributed by atoms with E-state index in [-0.39, 0.29) is 17.9 Å². The highest BCUT2D eigenvalue weighted by Crippen LogP contribution is 2.20. The number of rotatable bonds is 5. The van der Waals surface area contributed by atoms with Crippen LogP contribution in [0.4, 0.5) is 0 Å². The maximum absolute atomic E-state index is 12.7. The number of carbonyl (C=O) groups is 1. The smallest absolute Gasteiger partial charge is 0.274 e. The molecule has 9 heteroatoms. The third kappa shape index (κ3) is 5.22. The lowest BCUT2D eigenvalue weighted by Gasteiger charge is -2.31. The fraction of sp³-hybridized carbons (Fsp3) is 0.667. The number of carbonyl (C=O) groups excluding carboxylic acids is 1. The molecule has 0 aliphatic carbocycles. The minimum Gasteiger partial charge on any atom is -0.379 e. The summed E-state index contributed by atoms with van der Waals surface area (Å²) in [6.45, 7) is 5.52. The predicted octanol–water partition coefficient (Wildman–Crippen LogP) is 0.201. The van der Waals surface area contributed by atoms with Crippen LogP contribution >= 0.6 is 0 Å².